The molecule has 1 aliphatic heterocycles. The Bertz CT molecular complexity index is 1310. The molecule has 1 aliphatic rings. The SMILES string of the molecule is O=C(Oc1ccc(Br)cc1/C=C1\SC(=O)N(Cc2ccccc2F)C1=O)c1ccccc1Cl. The molecule has 3 aromatic rings. The molecule has 0 saturated carbocycles. The summed E-state index contributed by atoms with van der Waals surface area (Å²) in [4.78, 5) is 39.0. The van der Waals surface area contributed by atoms with Crippen LogP contribution in [0.5, 0.6) is 5.75 Å². The Hall–Kier alpha value is -2.94. The molecule has 2 amide bonds. The highest BCUT2D eigenvalue weighted by Gasteiger charge is 2.35. The average Bonchev–Trinajstić information content (AvgIpc) is 3.04. The van der Waals surface area contributed by atoms with Crippen LogP contribution in [0.4, 0.5) is 9.18 Å². The first kappa shape index (κ1) is 23.2. The quantitative estimate of drug-likeness (QED) is 0.202. The zero-order valence-corrected chi connectivity index (χ0v) is 19.9. The maximum absolute atomic E-state index is 14.0. The number of thioether (sulfide) groups is 1. The van der Waals surface area contributed by atoms with E-state index in [0.29, 0.717) is 10.0 Å². The number of rotatable bonds is 5. The molecule has 9 heteroatoms. The third-order valence-corrected chi connectivity index (χ3v) is 6.44. The molecule has 33 heavy (non-hydrogen) atoms. The van der Waals surface area contributed by atoms with Crippen molar-refractivity contribution in [2.24, 2.45) is 0 Å². The number of hydrogen-bond acceptors (Lipinski definition) is 5. The molecule has 0 atom stereocenters. The molecule has 0 bridgehead atoms. The average molecular weight is 547 g/mol. The predicted molar refractivity (Wildman–Crippen MR) is 128 cm³/mol. The fourth-order valence-electron chi connectivity index (χ4n) is 3.08. The van der Waals surface area contributed by atoms with Crippen molar-refractivity contribution in [1.82, 2.24) is 4.90 Å². The molecule has 0 aliphatic carbocycles. The summed E-state index contributed by atoms with van der Waals surface area (Å²) in [6, 6.07) is 17.3. The van der Waals surface area contributed by atoms with Gasteiger partial charge in [-0.1, -0.05) is 57.9 Å². The van der Waals surface area contributed by atoms with Crippen molar-refractivity contribution in [3.63, 3.8) is 0 Å². The molecular formula is C24H14BrClFNO4S. The zero-order valence-electron chi connectivity index (χ0n) is 16.8. The summed E-state index contributed by atoms with van der Waals surface area (Å²) in [5.74, 6) is -1.54. The molecule has 0 spiro atoms. The number of benzene rings is 3. The highest BCUT2D eigenvalue weighted by molar-refractivity contribution is 9.10. The Kier molecular flexibility index (Phi) is 6.97. The maximum atomic E-state index is 14.0. The molecule has 1 saturated heterocycles. The van der Waals surface area contributed by atoms with Gasteiger partial charge in [-0.2, -0.15) is 0 Å². The van der Waals surface area contributed by atoms with Gasteiger partial charge in [-0.15, -0.1) is 0 Å². The van der Waals surface area contributed by atoms with Gasteiger partial charge in [-0.05, 0) is 54.2 Å². The molecule has 0 unspecified atom stereocenters. The Morgan fingerprint density at radius 1 is 1.09 bits per heavy atom. The van der Waals surface area contributed by atoms with E-state index in [1.54, 1.807) is 42.5 Å². The lowest BCUT2D eigenvalue weighted by Gasteiger charge is -2.13. The fourth-order valence-corrected chi connectivity index (χ4v) is 4.50. The van der Waals surface area contributed by atoms with Gasteiger partial charge >= 0.3 is 5.97 Å². The first-order valence-corrected chi connectivity index (χ1v) is 11.6. The van der Waals surface area contributed by atoms with Gasteiger partial charge in [0.05, 0.1) is 22.0 Å². The number of ether oxygens (including phenoxy) is 1. The van der Waals surface area contributed by atoms with Crippen LogP contribution in [0.1, 0.15) is 21.5 Å². The van der Waals surface area contributed by atoms with Gasteiger partial charge in [0, 0.05) is 15.6 Å². The minimum Gasteiger partial charge on any atom is -0.422 e. The normalized spacial score (nSPS) is 14.8. The number of carbonyl (C=O) groups is 3. The van der Waals surface area contributed by atoms with E-state index in [-0.39, 0.29) is 33.3 Å². The molecular weight excluding hydrogens is 533 g/mol. The minimum atomic E-state index is -0.662. The van der Waals surface area contributed by atoms with E-state index in [4.69, 9.17) is 16.3 Å². The van der Waals surface area contributed by atoms with E-state index < -0.39 is 22.9 Å². The van der Waals surface area contributed by atoms with Gasteiger partial charge in [0.2, 0.25) is 0 Å². The third kappa shape index (κ3) is 5.19. The van der Waals surface area contributed by atoms with Crippen LogP contribution < -0.4 is 4.74 Å². The Balaban J connectivity index is 1.61. The minimum absolute atomic E-state index is 0.129. The second-order valence-electron chi connectivity index (χ2n) is 6.91. The van der Waals surface area contributed by atoms with Crippen LogP contribution in [0.15, 0.2) is 76.1 Å². The maximum Gasteiger partial charge on any atom is 0.345 e. The first-order valence-electron chi connectivity index (χ1n) is 9.58. The summed E-state index contributed by atoms with van der Waals surface area (Å²) in [5, 5.41) is -0.269. The first-order chi connectivity index (χ1) is 15.8. The number of amides is 2. The van der Waals surface area contributed by atoms with E-state index in [2.05, 4.69) is 15.9 Å². The summed E-state index contributed by atoms with van der Waals surface area (Å²) in [7, 11) is 0. The number of halogens is 3. The highest BCUT2D eigenvalue weighted by Crippen LogP contribution is 2.36. The topological polar surface area (TPSA) is 63.7 Å². The standard InChI is InChI=1S/C24H14BrClFNO4S/c25-16-9-10-20(32-23(30)17-6-2-3-7-18(17)26)15(11-16)12-21-22(29)28(24(31)33-21)13-14-5-1-4-8-19(14)27/h1-12H,13H2/b21-12-. The number of nitrogens with zero attached hydrogens (tertiary/aromatic N) is 1. The second kappa shape index (κ2) is 9.91. The molecule has 5 nitrogen and oxygen atoms in total. The number of esters is 1. The largest absolute Gasteiger partial charge is 0.422 e. The molecule has 0 aromatic heterocycles. The van der Waals surface area contributed by atoms with Gasteiger partial charge < -0.3 is 4.74 Å². The predicted octanol–water partition coefficient (Wildman–Crippen LogP) is 6.70. The summed E-state index contributed by atoms with van der Waals surface area (Å²) >= 11 is 10.2. The van der Waals surface area contributed by atoms with Crippen LogP contribution in [0.2, 0.25) is 5.02 Å². The van der Waals surface area contributed by atoms with E-state index in [9.17, 15) is 18.8 Å². The van der Waals surface area contributed by atoms with Gasteiger partial charge in [0.15, 0.2) is 0 Å². The second-order valence-corrected chi connectivity index (χ2v) is 9.23. The van der Waals surface area contributed by atoms with Gasteiger partial charge in [0.1, 0.15) is 11.6 Å². The molecule has 1 heterocycles. The highest BCUT2D eigenvalue weighted by atomic mass is 79.9. The lowest BCUT2D eigenvalue weighted by Crippen LogP contribution is -2.27. The smallest absolute Gasteiger partial charge is 0.345 e. The lowest BCUT2D eigenvalue weighted by atomic mass is 10.1. The van der Waals surface area contributed by atoms with Crippen LogP contribution in [0.25, 0.3) is 6.08 Å². The number of carbonyl (C=O) groups excluding carboxylic acids is 3. The van der Waals surface area contributed by atoms with Gasteiger partial charge in [-0.3, -0.25) is 14.5 Å². The van der Waals surface area contributed by atoms with Crippen LogP contribution >= 0.6 is 39.3 Å². The van der Waals surface area contributed by atoms with Crippen LogP contribution in [-0.4, -0.2) is 22.0 Å². The summed E-state index contributed by atoms with van der Waals surface area (Å²) < 4.78 is 20.2. The van der Waals surface area contributed by atoms with Crippen molar-refractivity contribution in [1.29, 1.82) is 0 Å². The summed E-state index contributed by atoms with van der Waals surface area (Å²) in [6.07, 6.45) is 1.46. The van der Waals surface area contributed by atoms with Crippen molar-refractivity contribution in [3.8, 4) is 5.75 Å². The number of imide groups is 1. The Labute approximate surface area is 206 Å². The molecule has 166 valence electrons. The molecule has 0 radical (unpaired) electrons. The van der Waals surface area contributed by atoms with Gasteiger partial charge in [0.25, 0.3) is 11.1 Å². The Morgan fingerprint density at radius 2 is 1.82 bits per heavy atom. The molecule has 3 aromatic carbocycles. The monoisotopic (exact) mass is 545 g/mol. The molecule has 1 fully saturated rings. The third-order valence-electron chi connectivity index (χ3n) is 4.71. The molecule has 0 N–H and O–H groups in total. The van der Waals surface area contributed by atoms with Crippen molar-refractivity contribution >= 4 is 62.5 Å². The van der Waals surface area contributed by atoms with Crippen LogP contribution in [0, 0.1) is 5.82 Å². The zero-order chi connectivity index (χ0) is 23.5. The van der Waals surface area contributed by atoms with Crippen molar-refractivity contribution in [2.45, 2.75) is 6.54 Å². The van der Waals surface area contributed by atoms with E-state index in [1.165, 1.54) is 30.3 Å². The number of hydrogen-bond donors (Lipinski definition) is 0. The van der Waals surface area contributed by atoms with E-state index in [1.807, 2.05) is 0 Å². The Morgan fingerprint density at radius 3 is 2.58 bits per heavy atom. The van der Waals surface area contributed by atoms with Crippen molar-refractivity contribution in [2.75, 3.05) is 0 Å². The van der Waals surface area contributed by atoms with E-state index in [0.717, 1.165) is 16.7 Å². The fraction of sp³-hybridized carbons (Fsp3) is 0.0417. The van der Waals surface area contributed by atoms with Crippen molar-refractivity contribution in [3.05, 3.63) is 104 Å². The van der Waals surface area contributed by atoms with E-state index >= 15 is 0 Å². The molecule has 4 rings (SSSR count). The van der Waals surface area contributed by atoms with Gasteiger partial charge in [-0.25, -0.2) is 9.18 Å². The van der Waals surface area contributed by atoms with Crippen LogP contribution in [0.3, 0.4) is 0 Å². The van der Waals surface area contributed by atoms with Crippen LogP contribution in [-0.2, 0) is 11.3 Å². The van der Waals surface area contributed by atoms with Crippen molar-refractivity contribution < 1.29 is 23.5 Å². The lowest BCUT2D eigenvalue weighted by molar-refractivity contribution is -0.123. The summed E-state index contributed by atoms with van der Waals surface area (Å²) in [5.41, 5.74) is 0.831. The summed E-state index contributed by atoms with van der Waals surface area (Å²) in [6.45, 7) is -0.179.